The Hall–Kier alpha value is -2.15. The number of piperidine rings is 1. The van der Waals surface area contributed by atoms with Crippen molar-refractivity contribution < 1.29 is 24.2 Å². The molecule has 1 aromatic heterocycles. The van der Waals surface area contributed by atoms with E-state index >= 15 is 0 Å². The second kappa shape index (κ2) is 7.82. The van der Waals surface area contributed by atoms with Crippen molar-refractivity contribution in [2.24, 2.45) is 11.8 Å². The number of ether oxygens (including phenoxy) is 2. The lowest BCUT2D eigenvalue weighted by molar-refractivity contribution is -0.145. The number of pyridine rings is 1. The smallest absolute Gasteiger partial charge is 0.309 e. The highest BCUT2D eigenvalue weighted by Crippen LogP contribution is 2.33. The second-order valence-corrected chi connectivity index (χ2v) is 6.49. The Balaban J connectivity index is 1.62. The first-order valence-corrected chi connectivity index (χ1v) is 8.83. The lowest BCUT2D eigenvalue weighted by atomic mass is 9.84. The quantitative estimate of drug-likeness (QED) is 0.873. The Labute approximate surface area is 146 Å². The number of carboxylic acids is 1. The molecule has 1 N–H and O–H groups in total. The standard InChI is InChI=1S/C18H24N2O5/c1-2-24-16-14(4-3-8-19-16)17(21)20-9-5-12(6-10-20)15-13(18(22)23)7-11-25-15/h3-4,8,12-13,15H,2,5-7,9-11H2,1H3,(H,22,23)/t13?,15-/m0/s1. The molecule has 3 heterocycles. The third-order valence-corrected chi connectivity index (χ3v) is 5.03. The Morgan fingerprint density at radius 3 is 2.80 bits per heavy atom. The molecular formula is C18H24N2O5. The van der Waals surface area contributed by atoms with Crippen molar-refractivity contribution in [2.75, 3.05) is 26.3 Å². The molecule has 0 radical (unpaired) electrons. The first-order chi connectivity index (χ1) is 12.1. The number of nitrogens with zero attached hydrogens (tertiary/aromatic N) is 2. The molecule has 3 rings (SSSR count). The van der Waals surface area contributed by atoms with Gasteiger partial charge in [0, 0.05) is 25.9 Å². The van der Waals surface area contributed by atoms with E-state index in [1.54, 1.807) is 23.2 Å². The first-order valence-electron chi connectivity index (χ1n) is 8.83. The summed E-state index contributed by atoms with van der Waals surface area (Å²) in [4.78, 5) is 30.1. The van der Waals surface area contributed by atoms with Crippen molar-refractivity contribution in [1.82, 2.24) is 9.88 Å². The number of amides is 1. The van der Waals surface area contributed by atoms with Gasteiger partial charge in [0.15, 0.2) is 0 Å². The minimum atomic E-state index is -0.780. The predicted molar refractivity (Wildman–Crippen MR) is 89.5 cm³/mol. The van der Waals surface area contributed by atoms with E-state index in [1.807, 2.05) is 6.92 Å². The number of aliphatic carboxylic acids is 1. The van der Waals surface area contributed by atoms with Crippen LogP contribution in [0.5, 0.6) is 5.88 Å². The molecule has 25 heavy (non-hydrogen) atoms. The number of carbonyl (C=O) groups excluding carboxylic acids is 1. The van der Waals surface area contributed by atoms with Crippen LogP contribution in [0.1, 0.15) is 36.5 Å². The maximum absolute atomic E-state index is 12.8. The molecular weight excluding hydrogens is 324 g/mol. The normalized spacial score (nSPS) is 24.3. The van der Waals surface area contributed by atoms with Crippen LogP contribution in [-0.2, 0) is 9.53 Å². The highest BCUT2D eigenvalue weighted by molar-refractivity contribution is 5.96. The van der Waals surface area contributed by atoms with Crippen LogP contribution in [-0.4, -0.2) is 59.3 Å². The van der Waals surface area contributed by atoms with E-state index in [1.165, 1.54) is 0 Å². The van der Waals surface area contributed by atoms with Gasteiger partial charge in [0.05, 0.1) is 18.6 Å². The van der Waals surface area contributed by atoms with Crippen LogP contribution in [0.3, 0.4) is 0 Å². The molecule has 7 nitrogen and oxygen atoms in total. The fraction of sp³-hybridized carbons (Fsp3) is 0.611. The van der Waals surface area contributed by atoms with Crippen molar-refractivity contribution in [3.8, 4) is 5.88 Å². The van der Waals surface area contributed by atoms with E-state index < -0.39 is 11.9 Å². The van der Waals surface area contributed by atoms with Crippen molar-refractivity contribution in [3.05, 3.63) is 23.9 Å². The van der Waals surface area contributed by atoms with Gasteiger partial charge in [0.25, 0.3) is 5.91 Å². The second-order valence-electron chi connectivity index (χ2n) is 6.49. The number of carboxylic acid groups (broad SMARTS) is 1. The molecule has 7 heteroatoms. The van der Waals surface area contributed by atoms with Crippen molar-refractivity contribution in [2.45, 2.75) is 32.3 Å². The van der Waals surface area contributed by atoms with E-state index in [4.69, 9.17) is 9.47 Å². The topological polar surface area (TPSA) is 89.0 Å². The average molecular weight is 348 g/mol. The number of hydrogen-bond donors (Lipinski definition) is 1. The predicted octanol–water partition coefficient (Wildman–Crippen LogP) is 1.82. The fourth-order valence-corrected chi connectivity index (χ4v) is 3.75. The zero-order valence-corrected chi connectivity index (χ0v) is 14.4. The summed E-state index contributed by atoms with van der Waals surface area (Å²) in [6.07, 6.45) is 3.46. The molecule has 2 atom stereocenters. The molecule has 0 bridgehead atoms. The van der Waals surface area contributed by atoms with E-state index in [2.05, 4.69) is 4.98 Å². The van der Waals surface area contributed by atoms with E-state index in [9.17, 15) is 14.7 Å². The molecule has 0 spiro atoms. The maximum atomic E-state index is 12.8. The van der Waals surface area contributed by atoms with Crippen molar-refractivity contribution >= 4 is 11.9 Å². The maximum Gasteiger partial charge on any atom is 0.309 e. The molecule has 0 saturated carbocycles. The number of carbonyl (C=O) groups is 2. The van der Waals surface area contributed by atoms with Crippen LogP contribution < -0.4 is 4.74 Å². The lowest BCUT2D eigenvalue weighted by Gasteiger charge is -2.35. The van der Waals surface area contributed by atoms with Crippen LogP contribution >= 0.6 is 0 Å². The van der Waals surface area contributed by atoms with Crippen LogP contribution in [0.4, 0.5) is 0 Å². The Kier molecular flexibility index (Phi) is 5.53. The third-order valence-electron chi connectivity index (χ3n) is 5.03. The highest BCUT2D eigenvalue weighted by atomic mass is 16.5. The van der Waals surface area contributed by atoms with Gasteiger partial charge in [-0.25, -0.2) is 4.98 Å². The summed E-state index contributed by atoms with van der Waals surface area (Å²) >= 11 is 0. The number of hydrogen-bond acceptors (Lipinski definition) is 5. The molecule has 2 aliphatic rings. The summed E-state index contributed by atoms with van der Waals surface area (Å²) in [5.41, 5.74) is 0.475. The van der Waals surface area contributed by atoms with Crippen molar-refractivity contribution in [3.63, 3.8) is 0 Å². The van der Waals surface area contributed by atoms with E-state index in [-0.39, 0.29) is 17.9 Å². The van der Waals surface area contributed by atoms with Gasteiger partial charge in [-0.2, -0.15) is 0 Å². The highest BCUT2D eigenvalue weighted by Gasteiger charge is 2.41. The van der Waals surface area contributed by atoms with E-state index in [0.29, 0.717) is 44.2 Å². The third kappa shape index (κ3) is 3.76. The zero-order chi connectivity index (χ0) is 17.8. The Bertz CT molecular complexity index is 628. The van der Waals surface area contributed by atoms with Crippen LogP contribution in [0.2, 0.25) is 0 Å². The van der Waals surface area contributed by atoms with Gasteiger partial charge in [-0.15, -0.1) is 0 Å². The summed E-state index contributed by atoms with van der Waals surface area (Å²) in [7, 11) is 0. The minimum absolute atomic E-state index is 0.0860. The Morgan fingerprint density at radius 1 is 1.36 bits per heavy atom. The van der Waals surface area contributed by atoms with Gasteiger partial charge < -0.3 is 19.5 Å². The largest absolute Gasteiger partial charge is 0.481 e. The molecule has 1 aromatic rings. The van der Waals surface area contributed by atoms with Gasteiger partial charge in [-0.05, 0) is 44.2 Å². The van der Waals surface area contributed by atoms with Gasteiger partial charge in [-0.1, -0.05) is 0 Å². The lowest BCUT2D eigenvalue weighted by Crippen LogP contribution is -2.43. The summed E-state index contributed by atoms with van der Waals surface area (Å²) in [5, 5.41) is 9.32. The molecule has 1 amide bonds. The first kappa shape index (κ1) is 17.7. The average Bonchev–Trinajstić information content (AvgIpc) is 3.12. The van der Waals surface area contributed by atoms with Gasteiger partial charge in [0.1, 0.15) is 5.56 Å². The SMILES string of the molecule is CCOc1ncccc1C(=O)N1CCC([C@@H]2OCCC2C(=O)O)CC1. The van der Waals surface area contributed by atoms with Gasteiger partial charge in [-0.3, -0.25) is 9.59 Å². The molecule has 1 unspecified atom stereocenters. The number of rotatable bonds is 5. The molecule has 0 aromatic carbocycles. The summed E-state index contributed by atoms with van der Waals surface area (Å²) in [6.45, 7) is 4.00. The van der Waals surface area contributed by atoms with Gasteiger partial charge in [0.2, 0.25) is 5.88 Å². The van der Waals surface area contributed by atoms with Crippen LogP contribution in [0.25, 0.3) is 0 Å². The molecule has 2 fully saturated rings. The monoisotopic (exact) mass is 348 g/mol. The summed E-state index contributed by atoms with van der Waals surface area (Å²) in [6, 6.07) is 3.46. The zero-order valence-electron chi connectivity index (χ0n) is 14.4. The number of aromatic nitrogens is 1. The fourth-order valence-electron chi connectivity index (χ4n) is 3.75. The van der Waals surface area contributed by atoms with Gasteiger partial charge >= 0.3 is 5.97 Å². The summed E-state index contributed by atoms with van der Waals surface area (Å²) < 4.78 is 11.1. The molecule has 0 aliphatic carbocycles. The van der Waals surface area contributed by atoms with E-state index in [0.717, 1.165) is 12.8 Å². The van der Waals surface area contributed by atoms with Crippen LogP contribution in [0, 0.1) is 11.8 Å². The Morgan fingerprint density at radius 2 is 2.12 bits per heavy atom. The molecule has 2 saturated heterocycles. The van der Waals surface area contributed by atoms with Crippen LogP contribution in [0.15, 0.2) is 18.3 Å². The number of likely N-dealkylation sites (tertiary alicyclic amines) is 1. The molecule has 2 aliphatic heterocycles. The summed E-state index contributed by atoms with van der Waals surface area (Å²) in [5.74, 6) is -0.736. The minimum Gasteiger partial charge on any atom is -0.481 e. The van der Waals surface area contributed by atoms with Crippen molar-refractivity contribution in [1.29, 1.82) is 0 Å². The molecule has 136 valence electrons.